The standard InChI is InChI=1S/C18H23N3O4S/c1-12(13-5-7-16(25-4)8-6-13)20-18(22)14-9-15(19)11-17(10-14)26(23,24)21(2)3/h5-12H,19H2,1-4H3,(H,20,22)/t12-/m1/s1. The molecule has 0 bridgehead atoms. The maximum atomic E-state index is 12.6. The molecule has 26 heavy (non-hydrogen) atoms. The summed E-state index contributed by atoms with van der Waals surface area (Å²) in [5.41, 5.74) is 7.07. The number of methoxy groups -OCH3 is 1. The van der Waals surface area contributed by atoms with Crippen molar-refractivity contribution in [2.75, 3.05) is 26.9 Å². The number of carbonyl (C=O) groups excluding carboxylic acids is 1. The van der Waals surface area contributed by atoms with E-state index in [1.54, 1.807) is 19.2 Å². The fraction of sp³-hybridized carbons (Fsp3) is 0.278. The van der Waals surface area contributed by atoms with Gasteiger partial charge in [0.2, 0.25) is 10.0 Å². The molecule has 2 aromatic rings. The van der Waals surface area contributed by atoms with Gasteiger partial charge in [0.05, 0.1) is 18.0 Å². The van der Waals surface area contributed by atoms with Crippen LogP contribution in [0.2, 0.25) is 0 Å². The molecule has 0 saturated carbocycles. The second kappa shape index (κ2) is 7.76. The number of anilines is 1. The molecule has 0 radical (unpaired) electrons. The first-order valence-corrected chi connectivity index (χ1v) is 9.37. The Morgan fingerprint density at radius 1 is 1.15 bits per heavy atom. The van der Waals surface area contributed by atoms with Crippen LogP contribution in [0.3, 0.4) is 0 Å². The van der Waals surface area contributed by atoms with Gasteiger partial charge in [-0.05, 0) is 42.8 Å². The summed E-state index contributed by atoms with van der Waals surface area (Å²) in [5.74, 6) is 0.317. The number of rotatable bonds is 6. The average molecular weight is 377 g/mol. The fourth-order valence-electron chi connectivity index (χ4n) is 2.37. The maximum absolute atomic E-state index is 12.6. The lowest BCUT2D eigenvalue weighted by atomic mass is 10.1. The minimum atomic E-state index is -3.68. The number of benzene rings is 2. The van der Waals surface area contributed by atoms with Crippen LogP contribution < -0.4 is 15.8 Å². The highest BCUT2D eigenvalue weighted by Crippen LogP contribution is 2.21. The highest BCUT2D eigenvalue weighted by molar-refractivity contribution is 7.89. The van der Waals surface area contributed by atoms with Gasteiger partial charge in [-0.1, -0.05) is 12.1 Å². The SMILES string of the molecule is COc1ccc([C@@H](C)NC(=O)c2cc(N)cc(S(=O)(=O)N(C)C)c2)cc1. The molecule has 3 N–H and O–H groups in total. The molecule has 0 fully saturated rings. The number of amides is 1. The third-order valence-electron chi connectivity index (χ3n) is 3.93. The Labute approximate surface area is 153 Å². The van der Waals surface area contributed by atoms with E-state index < -0.39 is 15.9 Å². The maximum Gasteiger partial charge on any atom is 0.251 e. The molecule has 0 heterocycles. The van der Waals surface area contributed by atoms with Crippen molar-refractivity contribution >= 4 is 21.6 Å². The van der Waals surface area contributed by atoms with E-state index in [-0.39, 0.29) is 22.2 Å². The van der Waals surface area contributed by atoms with Gasteiger partial charge in [-0.2, -0.15) is 0 Å². The number of nitrogens with two attached hydrogens (primary N) is 1. The van der Waals surface area contributed by atoms with E-state index in [2.05, 4.69) is 5.32 Å². The Kier molecular flexibility index (Phi) is 5.89. The van der Waals surface area contributed by atoms with Gasteiger partial charge >= 0.3 is 0 Å². The van der Waals surface area contributed by atoms with Gasteiger partial charge in [0.1, 0.15) is 5.75 Å². The van der Waals surface area contributed by atoms with Crippen LogP contribution in [0, 0.1) is 0 Å². The summed E-state index contributed by atoms with van der Waals surface area (Å²) < 4.78 is 30.8. The third kappa shape index (κ3) is 4.33. The molecule has 0 spiro atoms. The predicted octanol–water partition coefficient (Wildman–Crippen LogP) is 2.02. The molecule has 0 aliphatic heterocycles. The monoisotopic (exact) mass is 377 g/mol. The average Bonchev–Trinajstić information content (AvgIpc) is 2.60. The zero-order valence-electron chi connectivity index (χ0n) is 15.2. The van der Waals surface area contributed by atoms with Crippen molar-refractivity contribution < 1.29 is 17.9 Å². The molecule has 0 aliphatic rings. The lowest BCUT2D eigenvalue weighted by molar-refractivity contribution is 0.0939. The summed E-state index contributed by atoms with van der Waals surface area (Å²) in [4.78, 5) is 12.5. The number of sulfonamides is 1. The van der Waals surface area contributed by atoms with E-state index in [0.717, 1.165) is 15.6 Å². The van der Waals surface area contributed by atoms with Crippen LogP contribution in [0.15, 0.2) is 47.4 Å². The molecule has 2 aromatic carbocycles. The van der Waals surface area contributed by atoms with Gasteiger partial charge in [-0.3, -0.25) is 4.79 Å². The smallest absolute Gasteiger partial charge is 0.251 e. The molecule has 8 heteroatoms. The lowest BCUT2D eigenvalue weighted by Gasteiger charge is -2.16. The van der Waals surface area contributed by atoms with E-state index in [0.29, 0.717) is 0 Å². The van der Waals surface area contributed by atoms with Gasteiger partial charge < -0.3 is 15.8 Å². The Morgan fingerprint density at radius 3 is 2.31 bits per heavy atom. The quantitative estimate of drug-likeness (QED) is 0.750. The van der Waals surface area contributed by atoms with E-state index in [1.807, 2.05) is 19.1 Å². The predicted molar refractivity (Wildman–Crippen MR) is 101 cm³/mol. The molecule has 0 aliphatic carbocycles. The summed E-state index contributed by atoms with van der Waals surface area (Å²) in [7, 11) is 0.740. The highest BCUT2D eigenvalue weighted by Gasteiger charge is 2.20. The van der Waals surface area contributed by atoms with Crippen molar-refractivity contribution in [1.29, 1.82) is 0 Å². The van der Waals surface area contributed by atoms with Gasteiger partial charge in [0, 0.05) is 25.3 Å². The summed E-state index contributed by atoms with van der Waals surface area (Å²) >= 11 is 0. The second-order valence-electron chi connectivity index (χ2n) is 6.05. The van der Waals surface area contributed by atoms with Crippen molar-refractivity contribution in [3.63, 3.8) is 0 Å². The highest BCUT2D eigenvalue weighted by atomic mass is 32.2. The van der Waals surface area contributed by atoms with E-state index in [1.165, 1.54) is 32.3 Å². The Hall–Kier alpha value is -2.58. The Morgan fingerprint density at radius 2 is 1.77 bits per heavy atom. The summed E-state index contributed by atoms with van der Waals surface area (Å²) in [6, 6.07) is 11.1. The Bertz CT molecular complexity index is 893. The molecule has 1 amide bonds. The van der Waals surface area contributed by atoms with Gasteiger partial charge in [0.25, 0.3) is 5.91 Å². The Balaban J connectivity index is 2.25. The van der Waals surface area contributed by atoms with Crippen LogP contribution in [0.1, 0.15) is 28.9 Å². The number of hydrogen-bond acceptors (Lipinski definition) is 5. The normalized spacial score (nSPS) is 12.7. The zero-order valence-corrected chi connectivity index (χ0v) is 16.0. The van der Waals surface area contributed by atoms with Crippen LogP contribution >= 0.6 is 0 Å². The van der Waals surface area contributed by atoms with Crippen LogP contribution in [0.4, 0.5) is 5.69 Å². The van der Waals surface area contributed by atoms with Crippen LogP contribution in [-0.2, 0) is 10.0 Å². The van der Waals surface area contributed by atoms with Gasteiger partial charge in [-0.15, -0.1) is 0 Å². The molecular formula is C18H23N3O4S. The van der Waals surface area contributed by atoms with Crippen LogP contribution in [0.5, 0.6) is 5.75 Å². The van der Waals surface area contributed by atoms with E-state index >= 15 is 0 Å². The van der Waals surface area contributed by atoms with Crippen molar-refractivity contribution in [3.05, 3.63) is 53.6 Å². The van der Waals surface area contributed by atoms with Crippen molar-refractivity contribution in [1.82, 2.24) is 9.62 Å². The molecule has 2 rings (SSSR count). The van der Waals surface area contributed by atoms with Crippen LogP contribution in [-0.4, -0.2) is 39.8 Å². The summed E-state index contributed by atoms with van der Waals surface area (Å²) in [5, 5.41) is 2.84. The first-order valence-electron chi connectivity index (χ1n) is 7.93. The number of ether oxygens (including phenoxy) is 1. The number of hydrogen-bond donors (Lipinski definition) is 2. The van der Waals surface area contributed by atoms with Crippen molar-refractivity contribution in [3.8, 4) is 5.75 Å². The molecule has 7 nitrogen and oxygen atoms in total. The molecule has 0 saturated heterocycles. The van der Waals surface area contributed by atoms with Crippen LogP contribution in [0.25, 0.3) is 0 Å². The van der Waals surface area contributed by atoms with E-state index in [4.69, 9.17) is 10.5 Å². The fourth-order valence-corrected chi connectivity index (χ4v) is 3.35. The molecule has 1 atom stereocenters. The van der Waals surface area contributed by atoms with E-state index in [9.17, 15) is 13.2 Å². The molecular weight excluding hydrogens is 354 g/mol. The zero-order chi connectivity index (χ0) is 19.5. The number of nitrogens with one attached hydrogen (secondary N) is 1. The van der Waals surface area contributed by atoms with Crippen molar-refractivity contribution in [2.45, 2.75) is 17.9 Å². The first-order chi connectivity index (χ1) is 12.1. The third-order valence-corrected chi connectivity index (χ3v) is 5.73. The summed E-state index contributed by atoms with van der Waals surface area (Å²) in [6.45, 7) is 1.84. The van der Waals surface area contributed by atoms with Gasteiger partial charge in [0.15, 0.2) is 0 Å². The minimum absolute atomic E-state index is 0.0234. The number of carbonyl (C=O) groups is 1. The number of nitrogen functional groups attached to an aromatic ring is 1. The first kappa shape index (κ1) is 19.7. The molecule has 0 unspecified atom stereocenters. The molecule has 0 aromatic heterocycles. The minimum Gasteiger partial charge on any atom is -0.497 e. The largest absolute Gasteiger partial charge is 0.497 e. The summed E-state index contributed by atoms with van der Waals surface area (Å²) in [6.07, 6.45) is 0. The number of nitrogens with zero attached hydrogens (tertiary/aromatic N) is 1. The lowest BCUT2D eigenvalue weighted by Crippen LogP contribution is -2.27. The topological polar surface area (TPSA) is 102 Å². The van der Waals surface area contributed by atoms with Crippen molar-refractivity contribution in [2.24, 2.45) is 0 Å². The second-order valence-corrected chi connectivity index (χ2v) is 8.20. The molecule has 140 valence electrons. The van der Waals surface area contributed by atoms with Gasteiger partial charge in [-0.25, -0.2) is 12.7 Å².